The number of carbonyl (C=O) groups is 2. The van der Waals surface area contributed by atoms with Gasteiger partial charge in [0.2, 0.25) is 5.91 Å². The van der Waals surface area contributed by atoms with Gasteiger partial charge in [-0.05, 0) is 50.5 Å². The first-order valence-electron chi connectivity index (χ1n) is 7.92. The highest BCUT2D eigenvalue weighted by Crippen LogP contribution is 2.18. The Labute approximate surface area is 136 Å². The second-order valence-corrected chi connectivity index (χ2v) is 6.03. The smallest absolute Gasteiger partial charge is 0.308 e. The third-order valence-electron chi connectivity index (χ3n) is 3.73. The molecule has 1 aromatic carbocycles. The molecule has 23 heavy (non-hydrogen) atoms. The van der Waals surface area contributed by atoms with Crippen LogP contribution in [0.1, 0.15) is 32.3 Å². The van der Waals surface area contributed by atoms with Crippen molar-refractivity contribution in [2.45, 2.75) is 32.8 Å². The van der Waals surface area contributed by atoms with E-state index in [1.807, 2.05) is 38.1 Å². The molecule has 1 N–H and O–H groups in total. The molecule has 0 radical (unpaired) electrons. The van der Waals surface area contributed by atoms with Crippen molar-refractivity contribution in [3.8, 4) is 5.75 Å². The molecule has 124 valence electrons. The SMILES string of the molecule is CC(C)Oc1cccc(C=CC(=O)N2CCCC(C(=O)O)C2)c1. The Morgan fingerprint density at radius 1 is 1.39 bits per heavy atom. The summed E-state index contributed by atoms with van der Waals surface area (Å²) >= 11 is 0. The van der Waals surface area contributed by atoms with Crippen LogP contribution in [0.15, 0.2) is 30.3 Å². The third-order valence-corrected chi connectivity index (χ3v) is 3.73. The number of carboxylic acid groups (broad SMARTS) is 1. The van der Waals surface area contributed by atoms with Gasteiger partial charge in [0, 0.05) is 19.2 Å². The topological polar surface area (TPSA) is 66.8 Å². The lowest BCUT2D eigenvalue weighted by atomic mass is 9.98. The summed E-state index contributed by atoms with van der Waals surface area (Å²) in [5, 5.41) is 9.08. The van der Waals surface area contributed by atoms with Crippen molar-refractivity contribution in [1.29, 1.82) is 0 Å². The standard InChI is InChI=1S/C18H23NO4/c1-13(2)23-16-7-3-5-14(11-16)8-9-17(20)19-10-4-6-15(12-19)18(21)22/h3,5,7-9,11,13,15H,4,6,10,12H2,1-2H3,(H,21,22). The van der Waals surface area contributed by atoms with Gasteiger partial charge in [0.1, 0.15) is 5.75 Å². The van der Waals surface area contributed by atoms with Crippen molar-refractivity contribution in [3.63, 3.8) is 0 Å². The summed E-state index contributed by atoms with van der Waals surface area (Å²) in [5.41, 5.74) is 0.878. The van der Waals surface area contributed by atoms with Crippen LogP contribution >= 0.6 is 0 Å². The van der Waals surface area contributed by atoms with Gasteiger partial charge < -0.3 is 14.7 Å². The normalized spacial score (nSPS) is 18.4. The monoisotopic (exact) mass is 317 g/mol. The molecule has 0 aliphatic carbocycles. The number of carbonyl (C=O) groups excluding carboxylic acids is 1. The van der Waals surface area contributed by atoms with Crippen LogP contribution in [0, 0.1) is 5.92 Å². The summed E-state index contributed by atoms with van der Waals surface area (Å²) in [5.74, 6) is -0.668. The first kappa shape index (κ1) is 17.1. The maximum Gasteiger partial charge on any atom is 0.308 e. The Morgan fingerprint density at radius 2 is 2.17 bits per heavy atom. The first-order valence-corrected chi connectivity index (χ1v) is 7.92. The van der Waals surface area contributed by atoms with E-state index in [1.54, 1.807) is 11.0 Å². The van der Waals surface area contributed by atoms with Crippen LogP contribution in [-0.4, -0.2) is 41.1 Å². The van der Waals surface area contributed by atoms with Crippen LogP contribution in [0.5, 0.6) is 5.75 Å². The Morgan fingerprint density at radius 3 is 2.87 bits per heavy atom. The molecule has 5 nitrogen and oxygen atoms in total. The maximum absolute atomic E-state index is 12.2. The molecule has 0 saturated carbocycles. The number of piperidine rings is 1. The van der Waals surface area contributed by atoms with E-state index in [0.29, 0.717) is 13.0 Å². The quantitative estimate of drug-likeness (QED) is 0.848. The zero-order chi connectivity index (χ0) is 16.8. The second kappa shape index (κ2) is 7.81. The van der Waals surface area contributed by atoms with E-state index in [-0.39, 0.29) is 18.6 Å². The molecular formula is C18H23NO4. The van der Waals surface area contributed by atoms with Gasteiger partial charge in [0.05, 0.1) is 12.0 Å². The summed E-state index contributed by atoms with van der Waals surface area (Å²) in [4.78, 5) is 24.9. The van der Waals surface area contributed by atoms with Gasteiger partial charge in [-0.3, -0.25) is 9.59 Å². The molecule has 5 heteroatoms. The molecule has 1 saturated heterocycles. The van der Waals surface area contributed by atoms with Crippen molar-refractivity contribution >= 4 is 18.0 Å². The van der Waals surface area contributed by atoms with Gasteiger partial charge in [-0.2, -0.15) is 0 Å². The summed E-state index contributed by atoms with van der Waals surface area (Å²) < 4.78 is 5.62. The van der Waals surface area contributed by atoms with E-state index in [4.69, 9.17) is 9.84 Å². The summed E-state index contributed by atoms with van der Waals surface area (Å²) in [6.07, 6.45) is 4.70. The van der Waals surface area contributed by atoms with Crippen LogP contribution < -0.4 is 4.74 Å². The number of ether oxygens (including phenoxy) is 1. The summed E-state index contributed by atoms with van der Waals surface area (Å²) in [6.45, 7) is 4.82. The minimum Gasteiger partial charge on any atom is -0.491 e. The number of rotatable bonds is 5. The third kappa shape index (κ3) is 5.13. The van der Waals surface area contributed by atoms with E-state index >= 15 is 0 Å². The molecule has 1 aliphatic rings. The molecule has 1 fully saturated rings. The summed E-state index contributed by atoms with van der Waals surface area (Å²) in [6, 6.07) is 7.53. The number of nitrogens with zero attached hydrogens (tertiary/aromatic N) is 1. The van der Waals surface area contributed by atoms with Crippen molar-refractivity contribution in [2.75, 3.05) is 13.1 Å². The predicted molar refractivity (Wildman–Crippen MR) is 88.2 cm³/mol. The molecule has 1 aromatic rings. The Bertz CT molecular complexity index is 594. The number of amides is 1. The van der Waals surface area contributed by atoms with Gasteiger partial charge >= 0.3 is 5.97 Å². The predicted octanol–water partition coefficient (Wildman–Crippen LogP) is 2.81. The lowest BCUT2D eigenvalue weighted by Gasteiger charge is -2.29. The number of likely N-dealkylation sites (tertiary alicyclic amines) is 1. The number of aliphatic carboxylic acids is 1. The molecule has 0 aromatic heterocycles. The van der Waals surface area contributed by atoms with Crippen molar-refractivity contribution in [3.05, 3.63) is 35.9 Å². The highest BCUT2D eigenvalue weighted by Gasteiger charge is 2.27. The van der Waals surface area contributed by atoms with Gasteiger partial charge in [-0.1, -0.05) is 12.1 Å². The van der Waals surface area contributed by atoms with Crippen LogP contribution in [0.4, 0.5) is 0 Å². The Hall–Kier alpha value is -2.30. The average Bonchev–Trinajstić information content (AvgIpc) is 2.52. The zero-order valence-electron chi connectivity index (χ0n) is 13.6. The van der Waals surface area contributed by atoms with E-state index in [0.717, 1.165) is 17.7 Å². The van der Waals surface area contributed by atoms with Gasteiger partial charge in [-0.15, -0.1) is 0 Å². The fourth-order valence-corrected chi connectivity index (χ4v) is 2.62. The van der Waals surface area contributed by atoms with Crippen molar-refractivity contribution in [2.24, 2.45) is 5.92 Å². The fraction of sp³-hybridized carbons (Fsp3) is 0.444. The van der Waals surface area contributed by atoms with Crippen LogP contribution in [0.3, 0.4) is 0 Å². The van der Waals surface area contributed by atoms with Gasteiger partial charge in [-0.25, -0.2) is 0 Å². The molecule has 0 bridgehead atoms. The highest BCUT2D eigenvalue weighted by molar-refractivity contribution is 5.92. The molecule has 1 unspecified atom stereocenters. The number of hydrogen-bond donors (Lipinski definition) is 1. The maximum atomic E-state index is 12.2. The largest absolute Gasteiger partial charge is 0.491 e. The van der Waals surface area contributed by atoms with Crippen LogP contribution in [0.25, 0.3) is 6.08 Å². The van der Waals surface area contributed by atoms with Gasteiger partial charge in [0.15, 0.2) is 0 Å². The fourth-order valence-electron chi connectivity index (χ4n) is 2.62. The van der Waals surface area contributed by atoms with E-state index in [2.05, 4.69) is 0 Å². The molecule has 0 spiro atoms. The molecule has 1 amide bonds. The molecule has 1 aliphatic heterocycles. The van der Waals surface area contributed by atoms with Crippen molar-refractivity contribution < 1.29 is 19.4 Å². The molecule has 1 atom stereocenters. The van der Waals surface area contributed by atoms with E-state index in [9.17, 15) is 9.59 Å². The summed E-state index contributed by atoms with van der Waals surface area (Å²) in [7, 11) is 0. The second-order valence-electron chi connectivity index (χ2n) is 6.03. The highest BCUT2D eigenvalue weighted by atomic mass is 16.5. The van der Waals surface area contributed by atoms with E-state index < -0.39 is 11.9 Å². The minimum absolute atomic E-state index is 0.0946. The number of benzene rings is 1. The minimum atomic E-state index is -0.829. The van der Waals surface area contributed by atoms with E-state index in [1.165, 1.54) is 6.08 Å². The first-order chi connectivity index (χ1) is 11.0. The Balaban J connectivity index is 1.99. The van der Waals surface area contributed by atoms with Crippen LogP contribution in [-0.2, 0) is 9.59 Å². The molecule has 2 rings (SSSR count). The Kier molecular flexibility index (Phi) is 5.79. The lowest BCUT2D eigenvalue weighted by Crippen LogP contribution is -2.41. The zero-order valence-corrected chi connectivity index (χ0v) is 13.6. The lowest BCUT2D eigenvalue weighted by molar-refractivity contribution is -0.144. The van der Waals surface area contributed by atoms with Crippen LogP contribution in [0.2, 0.25) is 0 Å². The van der Waals surface area contributed by atoms with Gasteiger partial charge in [0.25, 0.3) is 0 Å². The van der Waals surface area contributed by atoms with Crippen molar-refractivity contribution in [1.82, 2.24) is 4.90 Å². The number of carboxylic acids is 1. The average molecular weight is 317 g/mol. The molecular weight excluding hydrogens is 294 g/mol. The molecule has 1 heterocycles. The number of hydrogen-bond acceptors (Lipinski definition) is 3.